The number of esters is 1. The number of ether oxygens (including phenoxy) is 1. The van der Waals surface area contributed by atoms with Crippen molar-refractivity contribution < 1.29 is 47.8 Å². The van der Waals surface area contributed by atoms with Crippen LogP contribution in [0.4, 0.5) is 0 Å². The van der Waals surface area contributed by atoms with Crippen LogP contribution in [0.5, 0.6) is 0 Å². The maximum atomic E-state index is 12.3. The number of allylic oxidation sites excluding steroid dienone is 10. The lowest BCUT2D eigenvalue weighted by atomic mass is 10.1. The molecule has 334 valence electrons. The lowest BCUT2D eigenvalue weighted by Gasteiger charge is -2.18. The molecule has 0 spiro atoms. The van der Waals surface area contributed by atoms with Gasteiger partial charge in [0.1, 0.15) is 12.7 Å². The molecule has 3 atom stereocenters. The lowest BCUT2D eigenvalue weighted by Crippen LogP contribution is -2.43. The van der Waals surface area contributed by atoms with Crippen molar-refractivity contribution in [1.82, 2.24) is 5.32 Å². The van der Waals surface area contributed by atoms with Crippen molar-refractivity contribution in [2.45, 2.75) is 193 Å². The highest BCUT2D eigenvalue weighted by Crippen LogP contribution is 2.43. The number of carboxylic acids is 1. The number of aliphatic hydroxyl groups is 1. The van der Waals surface area contributed by atoms with Crippen LogP contribution >= 0.6 is 7.82 Å². The number of unbranched alkanes of at least 4 members (excludes halogenated alkanes) is 17. The van der Waals surface area contributed by atoms with E-state index in [1.165, 1.54) is 38.5 Å². The molecule has 0 bridgehead atoms. The summed E-state index contributed by atoms with van der Waals surface area (Å²) < 4.78 is 26.8. The topological polar surface area (TPSA) is 169 Å². The summed E-state index contributed by atoms with van der Waals surface area (Å²) in [5.74, 6) is -2.40. The number of carboxylic acid groups (broad SMARTS) is 1. The van der Waals surface area contributed by atoms with E-state index < -0.39 is 57.6 Å². The Morgan fingerprint density at radius 3 is 1.48 bits per heavy atom. The van der Waals surface area contributed by atoms with Crippen LogP contribution in [0.1, 0.15) is 181 Å². The highest BCUT2D eigenvalue weighted by molar-refractivity contribution is 7.47. The molecule has 0 aromatic heterocycles. The second-order valence-electron chi connectivity index (χ2n) is 14.9. The maximum absolute atomic E-state index is 12.3. The van der Waals surface area contributed by atoms with Gasteiger partial charge in [-0.3, -0.25) is 18.6 Å². The Morgan fingerprint density at radius 1 is 0.552 bits per heavy atom. The van der Waals surface area contributed by atoms with E-state index in [2.05, 4.69) is 79.9 Å². The molecular weight excluding hydrogens is 757 g/mol. The summed E-state index contributed by atoms with van der Waals surface area (Å²) in [5, 5.41) is 21.8. The van der Waals surface area contributed by atoms with Gasteiger partial charge in [0.05, 0.1) is 13.2 Å². The van der Waals surface area contributed by atoms with Crippen LogP contribution in [-0.2, 0) is 32.7 Å². The third kappa shape index (κ3) is 40.0. The Morgan fingerprint density at radius 2 is 0.966 bits per heavy atom. The van der Waals surface area contributed by atoms with E-state index in [4.69, 9.17) is 13.8 Å². The predicted molar refractivity (Wildman–Crippen MR) is 235 cm³/mol. The molecule has 0 saturated heterocycles. The SMILES string of the molecule is CCCC/C=C\CCCCCCCC(=O)OCC(O)COP(=O)(O)OCC(NC(=O)CCCCCCCCC/C=C\C/C=C\C/C=C\C/C=C\CCCCC)C(=O)O. The number of hydrogen-bond acceptors (Lipinski definition) is 8. The summed E-state index contributed by atoms with van der Waals surface area (Å²) in [4.78, 5) is 45.9. The smallest absolute Gasteiger partial charge is 0.472 e. The molecule has 0 aromatic rings. The molecule has 4 N–H and O–H groups in total. The zero-order chi connectivity index (χ0) is 42.8. The number of phosphoric acid groups is 1. The minimum Gasteiger partial charge on any atom is -0.480 e. The summed E-state index contributed by atoms with van der Waals surface area (Å²) in [6.07, 6.45) is 46.7. The number of carbonyl (C=O) groups excluding carboxylic acids is 2. The van der Waals surface area contributed by atoms with Crippen molar-refractivity contribution in [3.63, 3.8) is 0 Å². The number of aliphatic hydroxyl groups excluding tert-OH is 1. The second kappa shape index (κ2) is 40.9. The van der Waals surface area contributed by atoms with Crippen molar-refractivity contribution >= 4 is 25.7 Å². The number of hydrogen-bond donors (Lipinski definition) is 4. The monoisotopic (exact) mass is 838 g/mol. The molecule has 0 heterocycles. The van der Waals surface area contributed by atoms with Crippen LogP contribution in [-0.4, -0.2) is 64.9 Å². The van der Waals surface area contributed by atoms with Crippen LogP contribution < -0.4 is 5.32 Å². The number of carbonyl (C=O) groups is 3. The third-order valence-electron chi connectivity index (χ3n) is 9.28. The first-order valence-electron chi connectivity index (χ1n) is 22.3. The van der Waals surface area contributed by atoms with Gasteiger partial charge in [0.15, 0.2) is 6.04 Å². The zero-order valence-electron chi connectivity index (χ0n) is 36.1. The number of rotatable bonds is 41. The Bertz CT molecular complexity index is 1210. The van der Waals surface area contributed by atoms with Gasteiger partial charge in [-0.2, -0.15) is 0 Å². The van der Waals surface area contributed by atoms with Gasteiger partial charge in [0.2, 0.25) is 5.91 Å². The van der Waals surface area contributed by atoms with E-state index >= 15 is 0 Å². The van der Waals surface area contributed by atoms with E-state index in [0.717, 1.165) is 103 Å². The quantitative estimate of drug-likeness (QED) is 0.0201. The fourth-order valence-electron chi connectivity index (χ4n) is 5.75. The van der Waals surface area contributed by atoms with E-state index in [1.54, 1.807) is 0 Å². The van der Waals surface area contributed by atoms with Crippen LogP contribution in [0.25, 0.3) is 0 Å². The second-order valence-corrected chi connectivity index (χ2v) is 16.3. The average Bonchev–Trinajstić information content (AvgIpc) is 3.20. The summed E-state index contributed by atoms with van der Waals surface area (Å²) in [6.45, 7) is 2.50. The Labute approximate surface area is 351 Å². The normalized spacial score (nSPS) is 14.3. The molecule has 58 heavy (non-hydrogen) atoms. The largest absolute Gasteiger partial charge is 0.480 e. The highest BCUT2D eigenvalue weighted by Gasteiger charge is 2.28. The predicted octanol–water partition coefficient (Wildman–Crippen LogP) is 11.6. The molecule has 0 fully saturated rings. The van der Waals surface area contributed by atoms with Crippen LogP contribution in [0.2, 0.25) is 0 Å². The van der Waals surface area contributed by atoms with Crippen LogP contribution in [0, 0.1) is 0 Å². The number of aliphatic carboxylic acids is 1. The number of phosphoric ester groups is 1. The molecule has 3 unspecified atom stereocenters. The summed E-state index contributed by atoms with van der Waals surface area (Å²) >= 11 is 0. The van der Waals surface area contributed by atoms with Crippen molar-refractivity contribution in [1.29, 1.82) is 0 Å². The van der Waals surface area contributed by atoms with E-state index in [-0.39, 0.29) is 12.8 Å². The van der Waals surface area contributed by atoms with Crippen molar-refractivity contribution in [3.05, 3.63) is 60.8 Å². The van der Waals surface area contributed by atoms with Crippen LogP contribution in [0.15, 0.2) is 60.8 Å². The van der Waals surface area contributed by atoms with Gasteiger partial charge in [-0.1, -0.05) is 152 Å². The average molecular weight is 838 g/mol. The fourth-order valence-corrected chi connectivity index (χ4v) is 6.52. The zero-order valence-corrected chi connectivity index (χ0v) is 37.0. The Balaban J connectivity index is 3.93. The summed E-state index contributed by atoms with van der Waals surface area (Å²) in [5.41, 5.74) is 0. The van der Waals surface area contributed by atoms with Crippen molar-refractivity contribution in [3.8, 4) is 0 Å². The van der Waals surface area contributed by atoms with E-state index in [9.17, 15) is 34.1 Å². The molecular formula is C46H80NO10P. The summed E-state index contributed by atoms with van der Waals surface area (Å²) in [6, 6.07) is -1.56. The Hall–Kier alpha value is -2.82. The van der Waals surface area contributed by atoms with Gasteiger partial charge in [0, 0.05) is 12.8 Å². The molecule has 0 rings (SSSR count). The maximum Gasteiger partial charge on any atom is 0.472 e. The fraction of sp³-hybridized carbons (Fsp3) is 0.717. The standard InChI is InChI=1S/C46H80NO10P/c1-3-5-7-9-11-13-15-16-17-18-19-20-21-22-23-24-25-26-28-29-31-33-35-37-44(49)47-43(46(51)52)41-57-58(53,54)56-40-42(48)39-55-45(50)38-36-34-32-30-27-14-12-10-8-6-4-2/h10-13,16-17,19-20,22-23,42-43,48H,3-9,14-15,18,21,24-41H2,1-2H3,(H,47,49)(H,51,52)(H,53,54)/b12-10-,13-11-,17-16-,20-19-,23-22-. The van der Waals surface area contributed by atoms with Gasteiger partial charge in [0.25, 0.3) is 0 Å². The molecule has 0 aliphatic heterocycles. The van der Waals surface area contributed by atoms with Crippen molar-refractivity contribution in [2.75, 3.05) is 19.8 Å². The first-order valence-corrected chi connectivity index (χ1v) is 23.8. The lowest BCUT2D eigenvalue weighted by molar-refractivity contribution is -0.147. The number of nitrogens with one attached hydrogen (secondary N) is 1. The van der Waals surface area contributed by atoms with Gasteiger partial charge in [-0.25, -0.2) is 9.36 Å². The molecule has 12 heteroatoms. The van der Waals surface area contributed by atoms with Gasteiger partial charge >= 0.3 is 19.8 Å². The molecule has 0 radical (unpaired) electrons. The minimum atomic E-state index is -4.76. The molecule has 0 saturated carbocycles. The molecule has 0 aliphatic rings. The van der Waals surface area contributed by atoms with E-state index in [0.29, 0.717) is 12.8 Å². The first kappa shape index (κ1) is 55.2. The van der Waals surface area contributed by atoms with Gasteiger partial charge in [-0.15, -0.1) is 0 Å². The van der Waals surface area contributed by atoms with Gasteiger partial charge in [-0.05, 0) is 77.0 Å². The first-order chi connectivity index (χ1) is 28.1. The highest BCUT2D eigenvalue weighted by atomic mass is 31.2. The van der Waals surface area contributed by atoms with Gasteiger partial charge < -0.3 is 25.2 Å². The molecule has 0 aromatic carbocycles. The Kier molecular flexibility index (Phi) is 38.9. The molecule has 11 nitrogen and oxygen atoms in total. The molecule has 1 amide bonds. The molecule has 0 aliphatic carbocycles. The van der Waals surface area contributed by atoms with E-state index in [1.807, 2.05) is 0 Å². The van der Waals surface area contributed by atoms with Crippen molar-refractivity contribution in [2.24, 2.45) is 0 Å². The minimum absolute atomic E-state index is 0.130. The van der Waals surface area contributed by atoms with Crippen LogP contribution in [0.3, 0.4) is 0 Å². The summed E-state index contributed by atoms with van der Waals surface area (Å²) in [7, 11) is -4.76. The third-order valence-corrected chi connectivity index (χ3v) is 10.2. The number of amides is 1.